The largest absolute Gasteiger partial charge is 0.293 e. The van der Waals surface area contributed by atoms with E-state index >= 15 is 0 Å². The lowest BCUT2D eigenvalue weighted by atomic mass is 10.2. The molecular formula is C13H11N3OS. The second kappa shape index (κ2) is 4.27. The highest BCUT2D eigenvalue weighted by atomic mass is 32.1. The molecule has 3 rings (SSSR count). The van der Waals surface area contributed by atoms with Gasteiger partial charge in [-0.15, -0.1) is 11.3 Å². The molecule has 2 heterocycles. The maximum absolute atomic E-state index is 11.7. The fourth-order valence-electron chi connectivity index (χ4n) is 1.76. The summed E-state index contributed by atoms with van der Waals surface area (Å²) in [5, 5.41) is 5.59. The molecule has 3 aromatic rings. The summed E-state index contributed by atoms with van der Waals surface area (Å²) in [4.78, 5) is 16.2. The van der Waals surface area contributed by atoms with Crippen molar-refractivity contribution in [3.63, 3.8) is 0 Å². The average Bonchev–Trinajstić information content (AvgIpc) is 2.97. The zero-order chi connectivity index (χ0) is 12.5. The van der Waals surface area contributed by atoms with Crippen molar-refractivity contribution in [3.05, 3.63) is 57.8 Å². The first-order chi connectivity index (χ1) is 8.74. The maximum Gasteiger partial charge on any atom is 0.273 e. The average molecular weight is 257 g/mol. The lowest BCUT2D eigenvalue weighted by Crippen LogP contribution is -2.12. The van der Waals surface area contributed by atoms with Gasteiger partial charge in [-0.3, -0.25) is 9.89 Å². The molecule has 0 fully saturated rings. The smallest absolute Gasteiger partial charge is 0.273 e. The summed E-state index contributed by atoms with van der Waals surface area (Å²) in [5.41, 5.74) is 2.68. The number of thiazole rings is 1. The Hall–Kier alpha value is -2.14. The maximum atomic E-state index is 11.7. The molecule has 5 heteroatoms. The van der Waals surface area contributed by atoms with Gasteiger partial charge < -0.3 is 0 Å². The second-order valence-electron chi connectivity index (χ2n) is 3.99. The van der Waals surface area contributed by atoms with E-state index in [1.165, 1.54) is 16.0 Å². The molecule has 0 unspecified atom stereocenters. The number of hydrogen-bond donors (Lipinski definition) is 1. The molecule has 18 heavy (non-hydrogen) atoms. The van der Waals surface area contributed by atoms with Gasteiger partial charge in [-0.1, -0.05) is 30.3 Å². The van der Waals surface area contributed by atoms with Gasteiger partial charge >= 0.3 is 0 Å². The van der Waals surface area contributed by atoms with Crippen molar-refractivity contribution in [3.8, 4) is 16.4 Å². The van der Waals surface area contributed by atoms with E-state index in [1.54, 1.807) is 6.07 Å². The first-order valence-corrected chi connectivity index (χ1v) is 6.42. The predicted octanol–water partition coefficient (Wildman–Crippen LogP) is 2.60. The Kier molecular flexibility index (Phi) is 2.60. The van der Waals surface area contributed by atoms with Crippen molar-refractivity contribution in [1.29, 1.82) is 0 Å². The Morgan fingerprint density at radius 3 is 2.72 bits per heavy atom. The number of benzene rings is 1. The SMILES string of the molecule is Cc1cc(=O)n(-c2nc(-c3ccccc3)cs2)[nH]1. The quantitative estimate of drug-likeness (QED) is 0.767. The third kappa shape index (κ3) is 1.89. The van der Waals surface area contributed by atoms with Gasteiger partial charge in [0.1, 0.15) is 0 Å². The van der Waals surface area contributed by atoms with Crippen molar-refractivity contribution in [2.45, 2.75) is 6.92 Å². The van der Waals surface area contributed by atoms with Crippen LogP contribution in [0.5, 0.6) is 0 Å². The number of hydrogen-bond acceptors (Lipinski definition) is 3. The van der Waals surface area contributed by atoms with Crippen LogP contribution in [0.15, 0.2) is 46.6 Å². The summed E-state index contributed by atoms with van der Waals surface area (Å²) >= 11 is 1.45. The topological polar surface area (TPSA) is 50.7 Å². The minimum Gasteiger partial charge on any atom is -0.293 e. The molecule has 0 aliphatic heterocycles. The Morgan fingerprint density at radius 2 is 2.06 bits per heavy atom. The lowest BCUT2D eigenvalue weighted by molar-refractivity contribution is 0.827. The molecule has 0 spiro atoms. The van der Waals surface area contributed by atoms with Crippen LogP contribution < -0.4 is 5.56 Å². The summed E-state index contributed by atoms with van der Waals surface area (Å²) in [7, 11) is 0. The summed E-state index contributed by atoms with van der Waals surface area (Å²) in [5.74, 6) is 0. The zero-order valence-electron chi connectivity index (χ0n) is 9.75. The van der Waals surface area contributed by atoms with Gasteiger partial charge in [-0.25, -0.2) is 4.98 Å². The molecule has 0 saturated heterocycles. The number of rotatable bonds is 2. The monoisotopic (exact) mass is 257 g/mol. The van der Waals surface area contributed by atoms with Crippen LogP contribution in [0.3, 0.4) is 0 Å². The highest BCUT2D eigenvalue weighted by Crippen LogP contribution is 2.22. The molecule has 0 aliphatic carbocycles. The molecule has 0 saturated carbocycles. The Bertz CT molecular complexity index is 724. The molecule has 0 bridgehead atoms. The van der Waals surface area contributed by atoms with Crippen LogP contribution in [0.25, 0.3) is 16.4 Å². The van der Waals surface area contributed by atoms with Gasteiger partial charge in [0.05, 0.1) is 5.69 Å². The molecule has 0 atom stereocenters. The number of nitrogens with zero attached hydrogens (tertiary/aromatic N) is 2. The van der Waals surface area contributed by atoms with E-state index in [4.69, 9.17) is 0 Å². The van der Waals surface area contributed by atoms with Crippen molar-refractivity contribution in [1.82, 2.24) is 14.8 Å². The van der Waals surface area contributed by atoms with Crippen LogP contribution >= 0.6 is 11.3 Å². The highest BCUT2D eigenvalue weighted by molar-refractivity contribution is 7.12. The molecule has 2 aromatic heterocycles. The zero-order valence-corrected chi connectivity index (χ0v) is 10.6. The summed E-state index contributed by atoms with van der Waals surface area (Å²) < 4.78 is 1.46. The molecule has 90 valence electrons. The number of aromatic amines is 1. The van der Waals surface area contributed by atoms with Crippen LogP contribution in [0.4, 0.5) is 0 Å². The molecule has 0 amide bonds. The minimum absolute atomic E-state index is 0.0820. The molecule has 1 N–H and O–H groups in total. The van der Waals surface area contributed by atoms with Gasteiger partial charge in [0.15, 0.2) is 0 Å². The molecule has 1 aromatic carbocycles. The molecule has 0 aliphatic rings. The third-order valence-electron chi connectivity index (χ3n) is 2.60. The van der Waals surface area contributed by atoms with Crippen LogP contribution in [0.1, 0.15) is 5.69 Å². The van der Waals surface area contributed by atoms with E-state index in [-0.39, 0.29) is 5.56 Å². The van der Waals surface area contributed by atoms with Gasteiger partial charge in [-0.05, 0) is 6.92 Å². The third-order valence-corrected chi connectivity index (χ3v) is 3.43. The van der Waals surface area contributed by atoms with E-state index in [0.29, 0.717) is 5.13 Å². The molecule has 4 nitrogen and oxygen atoms in total. The van der Waals surface area contributed by atoms with Gasteiger partial charge in [0.2, 0.25) is 5.13 Å². The van der Waals surface area contributed by atoms with E-state index in [2.05, 4.69) is 10.1 Å². The Balaban J connectivity index is 2.05. The van der Waals surface area contributed by atoms with Crippen molar-refractivity contribution in [2.24, 2.45) is 0 Å². The number of H-pyrrole nitrogens is 1. The minimum atomic E-state index is -0.0820. The highest BCUT2D eigenvalue weighted by Gasteiger charge is 2.08. The number of aryl methyl sites for hydroxylation is 1. The normalized spacial score (nSPS) is 10.7. The fourth-order valence-corrected chi connectivity index (χ4v) is 2.56. The number of aromatic nitrogens is 3. The van der Waals surface area contributed by atoms with Gasteiger partial charge in [0, 0.05) is 22.7 Å². The summed E-state index contributed by atoms with van der Waals surface area (Å²) in [6.07, 6.45) is 0. The Morgan fingerprint density at radius 1 is 1.28 bits per heavy atom. The second-order valence-corrected chi connectivity index (χ2v) is 4.83. The van der Waals surface area contributed by atoms with Crippen LogP contribution in [-0.4, -0.2) is 14.8 Å². The van der Waals surface area contributed by atoms with E-state index in [0.717, 1.165) is 17.0 Å². The van der Waals surface area contributed by atoms with E-state index in [9.17, 15) is 4.79 Å². The number of nitrogens with one attached hydrogen (secondary N) is 1. The first kappa shape index (κ1) is 11.0. The standard InChI is InChI=1S/C13H11N3OS/c1-9-7-12(17)16(15-9)13-14-11(8-18-13)10-5-3-2-4-6-10/h2-8,15H,1H3. The van der Waals surface area contributed by atoms with Gasteiger partial charge in [-0.2, -0.15) is 4.68 Å². The van der Waals surface area contributed by atoms with E-state index < -0.39 is 0 Å². The first-order valence-electron chi connectivity index (χ1n) is 5.54. The molecule has 0 radical (unpaired) electrons. The van der Waals surface area contributed by atoms with E-state index in [1.807, 2.05) is 42.6 Å². The molecular weight excluding hydrogens is 246 g/mol. The van der Waals surface area contributed by atoms with Crippen LogP contribution in [0, 0.1) is 6.92 Å². The van der Waals surface area contributed by atoms with Crippen LogP contribution in [-0.2, 0) is 0 Å². The predicted molar refractivity (Wildman–Crippen MR) is 72.2 cm³/mol. The summed E-state index contributed by atoms with van der Waals surface area (Å²) in [6, 6.07) is 11.5. The van der Waals surface area contributed by atoms with Crippen LogP contribution in [0.2, 0.25) is 0 Å². The van der Waals surface area contributed by atoms with Crippen molar-refractivity contribution in [2.75, 3.05) is 0 Å². The fraction of sp³-hybridized carbons (Fsp3) is 0.0769. The van der Waals surface area contributed by atoms with Crippen molar-refractivity contribution < 1.29 is 0 Å². The van der Waals surface area contributed by atoms with Crippen molar-refractivity contribution >= 4 is 11.3 Å². The summed E-state index contributed by atoms with van der Waals surface area (Å²) in [6.45, 7) is 1.85. The Labute approximate surface area is 108 Å². The lowest BCUT2D eigenvalue weighted by Gasteiger charge is -1.96. The van der Waals surface area contributed by atoms with Gasteiger partial charge in [0.25, 0.3) is 5.56 Å².